The molecule has 178 valence electrons. The first kappa shape index (κ1) is 25.1. The SMILES string of the molecule is COc1cc([N+](=O)[O-])ccc1NC(=O)/C(C#N)=C\c1ccc(OCc2ccccc2Cl)c(OC)c1. The summed E-state index contributed by atoms with van der Waals surface area (Å²) in [4.78, 5) is 23.1. The van der Waals surface area contributed by atoms with Crippen LogP contribution in [0.3, 0.4) is 0 Å². The van der Waals surface area contributed by atoms with Crippen LogP contribution in [0.15, 0.2) is 66.2 Å². The number of non-ortho nitro benzene ring substituents is 1. The van der Waals surface area contributed by atoms with E-state index in [1.165, 1.54) is 38.5 Å². The first-order valence-electron chi connectivity index (χ1n) is 10.2. The number of ether oxygens (including phenoxy) is 3. The zero-order chi connectivity index (χ0) is 25.4. The van der Waals surface area contributed by atoms with Crippen LogP contribution in [-0.4, -0.2) is 25.1 Å². The highest BCUT2D eigenvalue weighted by Crippen LogP contribution is 2.31. The van der Waals surface area contributed by atoms with Crippen LogP contribution in [0.2, 0.25) is 5.02 Å². The summed E-state index contributed by atoms with van der Waals surface area (Å²) in [5, 5.41) is 23.6. The molecule has 0 fully saturated rings. The Morgan fingerprint density at radius 3 is 2.49 bits per heavy atom. The molecule has 3 aromatic carbocycles. The number of nitro groups is 1. The summed E-state index contributed by atoms with van der Waals surface area (Å²) in [5.74, 6) is 0.243. The van der Waals surface area contributed by atoms with E-state index in [0.717, 1.165) is 5.56 Å². The lowest BCUT2D eigenvalue weighted by atomic mass is 10.1. The van der Waals surface area contributed by atoms with Gasteiger partial charge in [0, 0.05) is 16.7 Å². The Kier molecular flexibility index (Phi) is 8.27. The van der Waals surface area contributed by atoms with Gasteiger partial charge in [0.25, 0.3) is 11.6 Å². The number of rotatable bonds is 9. The molecule has 1 amide bonds. The van der Waals surface area contributed by atoms with Crippen LogP contribution in [0.1, 0.15) is 11.1 Å². The number of carbonyl (C=O) groups is 1. The number of nitriles is 1. The zero-order valence-electron chi connectivity index (χ0n) is 18.8. The predicted molar refractivity (Wildman–Crippen MR) is 131 cm³/mol. The molecule has 0 bridgehead atoms. The third kappa shape index (κ3) is 6.28. The molecule has 0 unspecified atom stereocenters. The standard InChI is InChI=1S/C25H20ClN3O6/c1-33-23-13-19(29(31)32)8-9-21(23)28-25(30)18(14-27)11-16-7-10-22(24(12-16)34-2)35-15-17-5-3-4-6-20(17)26/h3-13H,15H2,1-2H3,(H,28,30)/b18-11-. The number of anilines is 1. The van der Waals surface area contributed by atoms with Crippen molar-refractivity contribution in [2.24, 2.45) is 0 Å². The van der Waals surface area contributed by atoms with Gasteiger partial charge in [-0.15, -0.1) is 0 Å². The maximum absolute atomic E-state index is 12.7. The second kappa shape index (κ2) is 11.5. The van der Waals surface area contributed by atoms with Crippen molar-refractivity contribution < 1.29 is 23.9 Å². The molecular weight excluding hydrogens is 474 g/mol. The normalized spacial score (nSPS) is 10.7. The largest absolute Gasteiger partial charge is 0.494 e. The van der Waals surface area contributed by atoms with Gasteiger partial charge >= 0.3 is 0 Å². The molecule has 0 heterocycles. The van der Waals surface area contributed by atoms with Gasteiger partial charge in [-0.1, -0.05) is 35.9 Å². The van der Waals surface area contributed by atoms with Crippen molar-refractivity contribution in [3.63, 3.8) is 0 Å². The van der Waals surface area contributed by atoms with Crippen LogP contribution in [0.25, 0.3) is 6.08 Å². The van der Waals surface area contributed by atoms with Gasteiger partial charge in [0.2, 0.25) is 0 Å². The molecule has 3 rings (SSSR count). The first-order chi connectivity index (χ1) is 16.9. The van der Waals surface area contributed by atoms with E-state index in [-0.39, 0.29) is 29.3 Å². The Labute approximate surface area is 206 Å². The Balaban J connectivity index is 1.79. The highest BCUT2D eigenvalue weighted by atomic mass is 35.5. The molecule has 0 saturated heterocycles. The highest BCUT2D eigenvalue weighted by molar-refractivity contribution is 6.31. The maximum Gasteiger partial charge on any atom is 0.273 e. The molecule has 0 aliphatic carbocycles. The Morgan fingerprint density at radius 1 is 1.09 bits per heavy atom. The predicted octanol–water partition coefficient (Wildman–Crippen LogP) is 5.39. The van der Waals surface area contributed by atoms with Gasteiger partial charge in [-0.3, -0.25) is 14.9 Å². The fraction of sp³-hybridized carbons (Fsp3) is 0.120. The number of hydrogen-bond donors (Lipinski definition) is 1. The monoisotopic (exact) mass is 493 g/mol. The van der Waals surface area contributed by atoms with E-state index in [9.17, 15) is 20.2 Å². The van der Waals surface area contributed by atoms with Crippen molar-refractivity contribution in [2.75, 3.05) is 19.5 Å². The second-order valence-corrected chi connectivity index (χ2v) is 7.46. The lowest BCUT2D eigenvalue weighted by Gasteiger charge is -2.12. The molecule has 9 nitrogen and oxygen atoms in total. The summed E-state index contributed by atoms with van der Waals surface area (Å²) in [6.07, 6.45) is 1.38. The van der Waals surface area contributed by atoms with Crippen LogP contribution >= 0.6 is 11.6 Å². The molecular formula is C25H20ClN3O6. The molecule has 1 N–H and O–H groups in total. The van der Waals surface area contributed by atoms with Crippen molar-refractivity contribution in [2.45, 2.75) is 6.61 Å². The molecule has 0 aliphatic heterocycles. The van der Waals surface area contributed by atoms with Crippen molar-refractivity contribution >= 4 is 35.0 Å². The van der Waals surface area contributed by atoms with Crippen molar-refractivity contribution in [1.82, 2.24) is 0 Å². The van der Waals surface area contributed by atoms with Crippen molar-refractivity contribution in [1.29, 1.82) is 5.26 Å². The molecule has 0 saturated carbocycles. The van der Waals surface area contributed by atoms with Gasteiger partial charge in [-0.05, 0) is 35.9 Å². The average molecular weight is 494 g/mol. The summed E-state index contributed by atoms with van der Waals surface area (Å²) in [7, 11) is 2.79. The van der Waals surface area contributed by atoms with Crippen LogP contribution in [-0.2, 0) is 11.4 Å². The number of amides is 1. The first-order valence-corrected chi connectivity index (χ1v) is 10.5. The zero-order valence-corrected chi connectivity index (χ0v) is 19.5. The van der Waals surface area contributed by atoms with Crippen LogP contribution in [0, 0.1) is 21.4 Å². The molecule has 0 aliphatic rings. The van der Waals surface area contributed by atoms with E-state index in [2.05, 4.69) is 5.32 Å². The van der Waals surface area contributed by atoms with Crippen LogP contribution < -0.4 is 19.5 Å². The number of nitro benzene ring substituents is 1. The van der Waals surface area contributed by atoms with Crippen molar-refractivity contribution in [3.05, 3.63) is 92.5 Å². The third-order valence-corrected chi connectivity index (χ3v) is 5.22. The smallest absolute Gasteiger partial charge is 0.273 e. The topological polar surface area (TPSA) is 124 Å². The van der Waals surface area contributed by atoms with E-state index in [4.69, 9.17) is 25.8 Å². The van der Waals surface area contributed by atoms with E-state index in [1.807, 2.05) is 24.3 Å². The number of carbonyl (C=O) groups excluding carboxylic acids is 1. The minimum absolute atomic E-state index is 0.0894. The van der Waals surface area contributed by atoms with Crippen LogP contribution in [0.5, 0.6) is 17.2 Å². The van der Waals surface area contributed by atoms with Crippen molar-refractivity contribution in [3.8, 4) is 23.3 Å². The van der Waals surface area contributed by atoms with E-state index in [0.29, 0.717) is 22.1 Å². The Bertz CT molecular complexity index is 1330. The summed E-state index contributed by atoms with van der Waals surface area (Å²) >= 11 is 6.17. The van der Waals surface area contributed by atoms with E-state index in [1.54, 1.807) is 24.3 Å². The summed E-state index contributed by atoms with van der Waals surface area (Å²) in [6.45, 7) is 0.230. The minimum Gasteiger partial charge on any atom is -0.494 e. The lowest BCUT2D eigenvalue weighted by Crippen LogP contribution is -2.14. The summed E-state index contributed by atoms with van der Waals surface area (Å²) < 4.78 is 16.3. The number of nitrogens with zero attached hydrogens (tertiary/aromatic N) is 2. The Hall–Kier alpha value is -4.55. The number of methoxy groups -OCH3 is 2. The summed E-state index contributed by atoms with van der Waals surface area (Å²) in [5.41, 5.74) is 1.13. The summed E-state index contributed by atoms with van der Waals surface area (Å²) in [6, 6.07) is 17.8. The van der Waals surface area contributed by atoms with Gasteiger partial charge in [-0.2, -0.15) is 5.26 Å². The molecule has 0 radical (unpaired) electrons. The Morgan fingerprint density at radius 2 is 1.83 bits per heavy atom. The number of nitrogens with one attached hydrogen (secondary N) is 1. The minimum atomic E-state index is -0.710. The highest BCUT2D eigenvalue weighted by Gasteiger charge is 2.16. The van der Waals surface area contributed by atoms with Gasteiger partial charge in [0.1, 0.15) is 24.0 Å². The molecule has 3 aromatic rings. The number of halogens is 1. The van der Waals surface area contributed by atoms with Gasteiger partial charge in [-0.25, -0.2) is 0 Å². The number of benzene rings is 3. The average Bonchev–Trinajstić information content (AvgIpc) is 2.87. The molecule has 35 heavy (non-hydrogen) atoms. The quantitative estimate of drug-likeness (QED) is 0.183. The van der Waals surface area contributed by atoms with Crippen LogP contribution in [0.4, 0.5) is 11.4 Å². The molecule has 10 heteroatoms. The van der Waals surface area contributed by atoms with Gasteiger partial charge in [0.15, 0.2) is 11.5 Å². The van der Waals surface area contributed by atoms with Gasteiger partial charge in [0.05, 0.1) is 30.9 Å². The van der Waals surface area contributed by atoms with E-state index < -0.39 is 10.8 Å². The fourth-order valence-electron chi connectivity index (χ4n) is 3.07. The maximum atomic E-state index is 12.7. The second-order valence-electron chi connectivity index (χ2n) is 7.06. The molecule has 0 atom stereocenters. The van der Waals surface area contributed by atoms with Gasteiger partial charge < -0.3 is 19.5 Å². The lowest BCUT2D eigenvalue weighted by molar-refractivity contribution is -0.384. The van der Waals surface area contributed by atoms with E-state index >= 15 is 0 Å². The number of hydrogen-bond acceptors (Lipinski definition) is 7. The third-order valence-electron chi connectivity index (χ3n) is 4.85. The fourth-order valence-corrected chi connectivity index (χ4v) is 3.26. The molecule has 0 aromatic heterocycles. The molecule has 0 spiro atoms.